The summed E-state index contributed by atoms with van der Waals surface area (Å²) >= 11 is 1.73. The van der Waals surface area contributed by atoms with Crippen molar-refractivity contribution < 1.29 is 0 Å². The molecule has 16 heavy (non-hydrogen) atoms. The van der Waals surface area contributed by atoms with Crippen molar-refractivity contribution in [2.45, 2.75) is 57.1 Å². The van der Waals surface area contributed by atoms with Crippen LogP contribution < -0.4 is 5.32 Å². The molecule has 6 heteroatoms. The summed E-state index contributed by atoms with van der Waals surface area (Å²) in [5, 5.41) is 16.6. The van der Waals surface area contributed by atoms with Gasteiger partial charge >= 0.3 is 0 Å². The molecule has 0 aliphatic rings. The van der Waals surface area contributed by atoms with E-state index in [9.17, 15) is 0 Å². The van der Waals surface area contributed by atoms with Gasteiger partial charge in [-0.25, -0.2) is 4.68 Å². The van der Waals surface area contributed by atoms with E-state index >= 15 is 0 Å². The fourth-order valence-electron chi connectivity index (χ4n) is 1.14. The molecule has 1 rings (SSSR count). The number of rotatable bonds is 7. The summed E-state index contributed by atoms with van der Waals surface area (Å²) in [6.07, 6.45) is 1.13. The van der Waals surface area contributed by atoms with Crippen molar-refractivity contribution in [3.63, 3.8) is 0 Å². The summed E-state index contributed by atoms with van der Waals surface area (Å²) < 4.78 is 1.87. The standard InChI is InChI=1S/C10H21N5S/c1-5-9(4)16-10-12-13-14-15(10)7-6-11-8(2)3/h8-9,11H,5-7H2,1-4H3. The molecule has 0 aromatic carbocycles. The van der Waals surface area contributed by atoms with Gasteiger partial charge in [-0.15, -0.1) is 5.10 Å². The summed E-state index contributed by atoms with van der Waals surface area (Å²) in [6.45, 7) is 10.4. The zero-order valence-electron chi connectivity index (χ0n) is 10.5. The largest absolute Gasteiger partial charge is 0.313 e. The number of hydrogen-bond acceptors (Lipinski definition) is 5. The molecule has 92 valence electrons. The average molecular weight is 243 g/mol. The van der Waals surface area contributed by atoms with Crippen molar-refractivity contribution in [1.29, 1.82) is 0 Å². The molecule has 0 spiro atoms. The van der Waals surface area contributed by atoms with Crippen molar-refractivity contribution in [2.75, 3.05) is 6.54 Å². The predicted octanol–water partition coefficient (Wildman–Crippen LogP) is 1.56. The maximum atomic E-state index is 4.04. The predicted molar refractivity (Wildman–Crippen MR) is 66.6 cm³/mol. The highest BCUT2D eigenvalue weighted by atomic mass is 32.2. The third kappa shape index (κ3) is 4.49. The topological polar surface area (TPSA) is 55.6 Å². The maximum absolute atomic E-state index is 4.04. The summed E-state index contributed by atoms with van der Waals surface area (Å²) in [6, 6.07) is 0.502. The van der Waals surface area contributed by atoms with Gasteiger partial charge < -0.3 is 5.32 Å². The number of tetrazole rings is 1. The van der Waals surface area contributed by atoms with Crippen LogP contribution in [0.2, 0.25) is 0 Å². The Morgan fingerprint density at radius 3 is 2.75 bits per heavy atom. The quantitative estimate of drug-likeness (QED) is 0.737. The van der Waals surface area contributed by atoms with Gasteiger partial charge in [-0.1, -0.05) is 39.5 Å². The molecule has 1 aromatic rings. The fraction of sp³-hybridized carbons (Fsp3) is 0.900. The van der Waals surface area contributed by atoms with Gasteiger partial charge in [0.15, 0.2) is 0 Å². The molecule has 0 aliphatic carbocycles. The Balaban J connectivity index is 2.44. The van der Waals surface area contributed by atoms with E-state index in [1.807, 2.05) is 4.68 Å². The van der Waals surface area contributed by atoms with Crippen LogP contribution in [-0.2, 0) is 6.54 Å². The third-order valence-corrected chi connectivity index (χ3v) is 3.50. The molecule has 0 saturated carbocycles. The molecule has 1 atom stereocenters. The van der Waals surface area contributed by atoms with Crippen LogP contribution in [0.5, 0.6) is 0 Å². The van der Waals surface area contributed by atoms with E-state index in [1.165, 1.54) is 0 Å². The molecule has 0 amide bonds. The minimum absolute atomic E-state index is 0.502. The molecular weight excluding hydrogens is 222 g/mol. The van der Waals surface area contributed by atoms with Gasteiger partial charge in [0.05, 0.1) is 6.54 Å². The van der Waals surface area contributed by atoms with E-state index in [0.29, 0.717) is 11.3 Å². The van der Waals surface area contributed by atoms with Gasteiger partial charge in [0.1, 0.15) is 0 Å². The second kappa shape index (κ2) is 6.85. The molecule has 1 unspecified atom stereocenters. The second-order valence-corrected chi connectivity index (χ2v) is 5.54. The average Bonchev–Trinajstić information content (AvgIpc) is 2.65. The van der Waals surface area contributed by atoms with Crippen molar-refractivity contribution in [2.24, 2.45) is 0 Å². The molecule has 0 saturated heterocycles. The molecule has 0 aliphatic heterocycles. The van der Waals surface area contributed by atoms with Crippen molar-refractivity contribution in [3.8, 4) is 0 Å². The lowest BCUT2D eigenvalue weighted by atomic mass is 10.4. The summed E-state index contributed by atoms with van der Waals surface area (Å²) in [7, 11) is 0. The van der Waals surface area contributed by atoms with E-state index < -0.39 is 0 Å². The number of thioether (sulfide) groups is 1. The molecule has 0 radical (unpaired) electrons. The number of nitrogens with zero attached hydrogens (tertiary/aromatic N) is 4. The first kappa shape index (κ1) is 13.4. The maximum Gasteiger partial charge on any atom is 0.209 e. The molecule has 1 aromatic heterocycles. The highest BCUT2D eigenvalue weighted by Crippen LogP contribution is 2.21. The molecule has 5 nitrogen and oxygen atoms in total. The van der Waals surface area contributed by atoms with Gasteiger partial charge in [0.25, 0.3) is 0 Å². The van der Waals surface area contributed by atoms with Gasteiger partial charge in [-0.2, -0.15) is 0 Å². The Hall–Kier alpha value is -0.620. The Morgan fingerprint density at radius 1 is 1.38 bits per heavy atom. The van der Waals surface area contributed by atoms with Crippen LogP contribution in [0.1, 0.15) is 34.1 Å². The monoisotopic (exact) mass is 243 g/mol. The van der Waals surface area contributed by atoms with Crippen LogP contribution in [0.15, 0.2) is 5.16 Å². The summed E-state index contributed by atoms with van der Waals surface area (Å²) in [5.74, 6) is 0. The van der Waals surface area contributed by atoms with Crippen LogP contribution in [0.3, 0.4) is 0 Å². The first-order valence-corrected chi connectivity index (χ1v) is 6.67. The lowest BCUT2D eigenvalue weighted by molar-refractivity contribution is 0.484. The molecule has 1 heterocycles. The Morgan fingerprint density at radius 2 is 2.12 bits per heavy atom. The molecule has 1 N–H and O–H groups in total. The smallest absolute Gasteiger partial charge is 0.209 e. The van der Waals surface area contributed by atoms with E-state index in [2.05, 4.69) is 48.5 Å². The Labute approximate surface area is 101 Å². The van der Waals surface area contributed by atoms with Crippen LogP contribution in [0, 0.1) is 0 Å². The lowest BCUT2D eigenvalue weighted by Crippen LogP contribution is -2.27. The normalized spacial score (nSPS) is 13.3. The van der Waals surface area contributed by atoms with Crippen LogP contribution >= 0.6 is 11.8 Å². The van der Waals surface area contributed by atoms with E-state index in [-0.39, 0.29) is 0 Å². The summed E-state index contributed by atoms with van der Waals surface area (Å²) in [5.41, 5.74) is 0. The number of nitrogens with one attached hydrogen (secondary N) is 1. The first-order valence-electron chi connectivity index (χ1n) is 5.79. The van der Waals surface area contributed by atoms with Gasteiger partial charge in [-0.3, -0.25) is 0 Å². The first-order chi connectivity index (χ1) is 7.63. The third-order valence-electron chi connectivity index (χ3n) is 2.26. The SMILES string of the molecule is CCC(C)Sc1nnnn1CCNC(C)C. The second-order valence-electron chi connectivity index (χ2n) is 4.13. The van der Waals surface area contributed by atoms with E-state index in [4.69, 9.17) is 0 Å². The highest BCUT2D eigenvalue weighted by molar-refractivity contribution is 7.99. The van der Waals surface area contributed by atoms with Crippen molar-refractivity contribution >= 4 is 11.8 Å². The molecular formula is C10H21N5S. The number of hydrogen-bond donors (Lipinski definition) is 1. The Kier molecular flexibility index (Phi) is 5.76. The van der Waals surface area contributed by atoms with E-state index in [0.717, 1.165) is 24.7 Å². The molecule has 0 fully saturated rings. The van der Waals surface area contributed by atoms with Crippen molar-refractivity contribution in [3.05, 3.63) is 0 Å². The van der Waals surface area contributed by atoms with Crippen molar-refractivity contribution in [1.82, 2.24) is 25.5 Å². The zero-order valence-corrected chi connectivity index (χ0v) is 11.3. The lowest BCUT2D eigenvalue weighted by Gasteiger charge is -2.10. The van der Waals surface area contributed by atoms with Crippen LogP contribution in [0.4, 0.5) is 0 Å². The minimum atomic E-state index is 0.502. The Bertz CT molecular complexity index is 299. The highest BCUT2D eigenvalue weighted by Gasteiger charge is 2.10. The van der Waals surface area contributed by atoms with Crippen LogP contribution in [0.25, 0.3) is 0 Å². The van der Waals surface area contributed by atoms with Gasteiger partial charge in [0, 0.05) is 17.8 Å². The fourth-order valence-corrected chi connectivity index (χ4v) is 2.00. The van der Waals surface area contributed by atoms with E-state index in [1.54, 1.807) is 11.8 Å². The zero-order chi connectivity index (χ0) is 12.0. The minimum Gasteiger partial charge on any atom is -0.313 e. The van der Waals surface area contributed by atoms with Gasteiger partial charge in [-0.05, 0) is 16.8 Å². The number of aromatic nitrogens is 4. The summed E-state index contributed by atoms with van der Waals surface area (Å²) in [4.78, 5) is 0. The van der Waals surface area contributed by atoms with Gasteiger partial charge in [0.2, 0.25) is 5.16 Å². The van der Waals surface area contributed by atoms with Crippen LogP contribution in [-0.4, -0.2) is 38.0 Å². The molecule has 0 bridgehead atoms.